The lowest BCUT2D eigenvalue weighted by molar-refractivity contribution is -0.142. The van der Waals surface area contributed by atoms with Gasteiger partial charge >= 0.3 is 12.0 Å². The molecule has 0 aliphatic carbocycles. The minimum absolute atomic E-state index is 0.0147. The van der Waals surface area contributed by atoms with Crippen LogP contribution in [0.2, 0.25) is 0 Å². The van der Waals surface area contributed by atoms with E-state index in [2.05, 4.69) is 18.7 Å². The van der Waals surface area contributed by atoms with E-state index in [4.69, 9.17) is 5.11 Å². The molecule has 0 aromatic carbocycles. The Kier molecular flexibility index (Phi) is 5.08. The number of likely N-dealkylation sites (tertiary alicyclic amines) is 2. The Morgan fingerprint density at radius 1 is 1.19 bits per heavy atom. The molecular formula is C15H27N3O3. The van der Waals surface area contributed by atoms with Crippen molar-refractivity contribution in [3.8, 4) is 0 Å². The molecule has 2 aliphatic heterocycles. The van der Waals surface area contributed by atoms with Crippen molar-refractivity contribution in [1.29, 1.82) is 0 Å². The number of rotatable bonds is 4. The molecule has 120 valence electrons. The van der Waals surface area contributed by atoms with Gasteiger partial charge in [0.15, 0.2) is 0 Å². The minimum Gasteiger partial charge on any atom is -0.481 e. The highest BCUT2D eigenvalue weighted by molar-refractivity contribution is 5.78. The van der Waals surface area contributed by atoms with Gasteiger partial charge in [0.2, 0.25) is 0 Å². The lowest BCUT2D eigenvalue weighted by atomic mass is 10.0. The van der Waals surface area contributed by atoms with E-state index in [1.165, 1.54) is 0 Å². The highest BCUT2D eigenvalue weighted by Crippen LogP contribution is 2.27. The van der Waals surface area contributed by atoms with Crippen LogP contribution in [0.1, 0.15) is 33.6 Å². The molecule has 3 atom stereocenters. The number of likely N-dealkylation sites (N-methyl/N-ethyl adjacent to an activating group) is 1. The fraction of sp³-hybridized carbons (Fsp3) is 0.867. The number of amides is 2. The summed E-state index contributed by atoms with van der Waals surface area (Å²) in [4.78, 5) is 29.8. The molecule has 2 heterocycles. The van der Waals surface area contributed by atoms with Crippen molar-refractivity contribution in [2.24, 2.45) is 5.92 Å². The average Bonchev–Trinajstić information content (AvgIpc) is 3.06. The van der Waals surface area contributed by atoms with Crippen LogP contribution in [0.4, 0.5) is 4.79 Å². The summed E-state index contributed by atoms with van der Waals surface area (Å²) in [7, 11) is 0. The number of carbonyl (C=O) groups is 2. The van der Waals surface area contributed by atoms with E-state index in [9.17, 15) is 9.59 Å². The third-order valence-corrected chi connectivity index (χ3v) is 5.08. The number of urea groups is 1. The van der Waals surface area contributed by atoms with Gasteiger partial charge in [0.1, 0.15) is 0 Å². The molecule has 2 aliphatic rings. The molecule has 0 saturated carbocycles. The molecule has 0 aromatic rings. The van der Waals surface area contributed by atoms with Crippen LogP contribution in [-0.4, -0.2) is 76.6 Å². The number of aliphatic carboxylic acids is 1. The van der Waals surface area contributed by atoms with Gasteiger partial charge in [-0.1, -0.05) is 13.8 Å². The average molecular weight is 297 g/mol. The first-order valence-electron chi connectivity index (χ1n) is 8.01. The van der Waals surface area contributed by atoms with E-state index >= 15 is 0 Å². The minimum atomic E-state index is -0.791. The van der Waals surface area contributed by atoms with Gasteiger partial charge in [-0.2, -0.15) is 0 Å². The number of hydrogen-bond acceptors (Lipinski definition) is 3. The fourth-order valence-electron chi connectivity index (χ4n) is 3.68. The van der Waals surface area contributed by atoms with E-state index in [1.807, 2.05) is 11.8 Å². The molecule has 0 spiro atoms. The number of hydrogen-bond donors (Lipinski definition) is 1. The Hall–Kier alpha value is -1.30. The van der Waals surface area contributed by atoms with Crippen molar-refractivity contribution in [2.75, 3.05) is 32.7 Å². The van der Waals surface area contributed by atoms with E-state index < -0.39 is 11.9 Å². The standard InChI is InChI=1S/C15H27N3O3/c1-4-16(5-2)12-6-8-17(10-12)15(21)18-9-7-13(11(18)3)14(19)20/h11-13H,4-10H2,1-3H3,(H,19,20). The normalized spacial score (nSPS) is 29.4. The fourth-order valence-corrected chi connectivity index (χ4v) is 3.68. The van der Waals surface area contributed by atoms with Crippen LogP contribution < -0.4 is 0 Å². The quantitative estimate of drug-likeness (QED) is 0.850. The summed E-state index contributed by atoms with van der Waals surface area (Å²) in [5.41, 5.74) is 0. The Morgan fingerprint density at radius 3 is 2.38 bits per heavy atom. The highest BCUT2D eigenvalue weighted by atomic mass is 16.4. The maximum atomic E-state index is 12.6. The zero-order valence-electron chi connectivity index (χ0n) is 13.3. The Bertz CT molecular complexity index is 398. The molecule has 0 aromatic heterocycles. The molecule has 2 saturated heterocycles. The van der Waals surface area contributed by atoms with E-state index in [1.54, 1.807) is 4.90 Å². The molecule has 1 N–H and O–H groups in total. The summed E-state index contributed by atoms with van der Waals surface area (Å²) in [5.74, 6) is -1.21. The summed E-state index contributed by atoms with van der Waals surface area (Å²) in [6.45, 7) is 10.3. The number of carboxylic acid groups (broad SMARTS) is 1. The van der Waals surface area contributed by atoms with Crippen molar-refractivity contribution in [3.05, 3.63) is 0 Å². The van der Waals surface area contributed by atoms with Gasteiger partial charge < -0.3 is 14.9 Å². The van der Waals surface area contributed by atoms with Gasteiger partial charge in [0.05, 0.1) is 5.92 Å². The van der Waals surface area contributed by atoms with Crippen molar-refractivity contribution >= 4 is 12.0 Å². The SMILES string of the molecule is CCN(CC)C1CCN(C(=O)N2CCC(C(=O)O)C2C)C1. The van der Waals surface area contributed by atoms with Gasteiger partial charge in [-0.05, 0) is 32.9 Å². The summed E-state index contributed by atoms with van der Waals surface area (Å²) in [6, 6.07) is 0.250. The predicted octanol–water partition coefficient (Wildman–Crippen LogP) is 1.32. The summed E-state index contributed by atoms with van der Waals surface area (Å²) in [5, 5.41) is 9.17. The first-order valence-corrected chi connectivity index (χ1v) is 8.01. The van der Waals surface area contributed by atoms with Crippen LogP contribution in [-0.2, 0) is 4.79 Å². The second kappa shape index (κ2) is 6.64. The molecule has 3 unspecified atom stereocenters. The Labute approximate surface area is 126 Å². The third kappa shape index (κ3) is 3.15. The number of carboxylic acids is 1. The van der Waals surface area contributed by atoms with E-state index in [0.717, 1.165) is 32.6 Å². The molecule has 6 heteroatoms. The predicted molar refractivity (Wildman–Crippen MR) is 80.2 cm³/mol. The van der Waals surface area contributed by atoms with E-state index in [0.29, 0.717) is 19.0 Å². The van der Waals surface area contributed by atoms with Gasteiger partial charge in [-0.3, -0.25) is 9.69 Å². The van der Waals surface area contributed by atoms with Crippen LogP contribution in [0.3, 0.4) is 0 Å². The highest BCUT2D eigenvalue weighted by Gasteiger charge is 2.41. The van der Waals surface area contributed by atoms with Crippen molar-refractivity contribution in [1.82, 2.24) is 14.7 Å². The second-order valence-corrected chi connectivity index (χ2v) is 6.06. The van der Waals surface area contributed by atoms with Crippen LogP contribution in [0.5, 0.6) is 0 Å². The van der Waals surface area contributed by atoms with Crippen molar-refractivity contribution in [3.63, 3.8) is 0 Å². The van der Waals surface area contributed by atoms with Crippen molar-refractivity contribution in [2.45, 2.75) is 45.7 Å². The lowest BCUT2D eigenvalue weighted by Crippen LogP contribution is -2.46. The maximum Gasteiger partial charge on any atom is 0.320 e. The maximum absolute atomic E-state index is 12.6. The van der Waals surface area contributed by atoms with Gasteiger partial charge in [0.25, 0.3) is 0 Å². The zero-order valence-corrected chi connectivity index (χ0v) is 13.3. The second-order valence-electron chi connectivity index (χ2n) is 6.06. The third-order valence-electron chi connectivity index (χ3n) is 5.08. The van der Waals surface area contributed by atoms with E-state index in [-0.39, 0.29) is 12.1 Å². The molecule has 0 radical (unpaired) electrons. The molecule has 2 amide bonds. The summed E-state index contributed by atoms with van der Waals surface area (Å²) in [6.07, 6.45) is 1.58. The smallest absolute Gasteiger partial charge is 0.320 e. The first-order chi connectivity index (χ1) is 9.99. The molecule has 2 rings (SSSR count). The zero-order chi connectivity index (χ0) is 15.6. The number of carbonyl (C=O) groups excluding carboxylic acids is 1. The number of nitrogens with zero attached hydrogens (tertiary/aromatic N) is 3. The van der Waals surface area contributed by atoms with Gasteiger partial charge in [0, 0.05) is 31.7 Å². The Morgan fingerprint density at radius 2 is 1.86 bits per heavy atom. The molecular weight excluding hydrogens is 270 g/mol. The Balaban J connectivity index is 1.95. The summed E-state index contributed by atoms with van der Waals surface area (Å²) >= 11 is 0. The monoisotopic (exact) mass is 297 g/mol. The lowest BCUT2D eigenvalue weighted by Gasteiger charge is -2.30. The molecule has 6 nitrogen and oxygen atoms in total. The van der Waals surface area contributed by atoms with Crippen molar-refractivity contribution < 1.29 is 14.7 Å². The topological polar surface area (TPSA) is 64.1 Å². The van der Waals surface area contributed by atoms with Crippen LogP contribution in [0, 0.1) is 5.92 Å². The molecule has 2 fully saturated rings. The largest absolute Gasteiger partial charge is 0.481 e. The van der Waals surface area contributed by atoms with Gasteiger partial charge in [-0.15, -0.1) is 0 Å². The first kappa shape index (κ1) is 16.1. The van der Waals surface area contributed by atoms with Crippen LogP contribution in [0.25, 0.3) is 0 Å². The van der Waals surface area contributed by atoms with Crippen LogP contribution >= 0.6 is 0 Å². The molecule has 21 heavy (non-hydrogen) atoms. The summed E-state index contributed by atoms with van der Waals surface area (Å²) < 4.78 is 0. The molecule has 0 bridgehead atoms. The van der Waals surface area contributed by atoms with Crippen LogP contribution in [0.15, 0.2) is 0 Å². The van der Waals surface area contributed by atoms with Gasteiger partial charge in [-0.25, -0.2) is 4.79 Å².